The number of terminal acetylenes is 1. The summed E-state index contributed by atoms with van der Waals surface area (Å²) in [6.07, 6.45) is 4.28. The van der Waals surface area contributed by atoms with Gasteiger partial charge in [-0.15, -0.1) is 6.42 Å². The van der Waals surface area contributed by atoms with E-state index in [1.807, 2.05) is 5.32 Å². The largest absolute Gasteiger partial charge is 0.330 e. The summed E-state index contributed by atoms with van der Waals surface area (Å²) in [5.74, 6) is -5.71. The summed E-state index contributed by atoms with van der Waals surface area (Å²) < 4.78 is 41.6. The minimum absolute atomic E-state index is 0.00934. The molecule has 1 unspecified atom stereocenters. The number of nitrogens with zero attached hydrogens (tertiary/aromatic N) is 2. The molecule has 0 radical (unpaired) electrons. The molecule has 164 valence electrons. The third-order valence-electron chi connectivity index (χ3n) is 5.12. The molecule has 3 rings (SSSR count). The molecule has 0 saturated heterocycles. The highest BCUT2D eigenvalue weighted by molar-refractivity contribution is 6.47. The number of ketones is 1. The van der Waals surface area contributed by atoms with Gasteiger partial charge in [-0.1, -0.05) is 17.5 Å². The lowest BCUT2D eigenvalue weighted by Crippen LogP contribution is -2.44. The van der Waals surface area contributed by atoms with Gasteiger partial charge >= 0.3 is 0 Å². The molecule has 0 spiro atoms. The van der Waals surface area contributed by atoms with Gasteiger partial charge in [0.2, 0.25) is 0 Å². The lowest BCUT2D eigenvalue weighted by atomic mass is 10.1. The molecule has 0 aliphatic heterocycles. The lowest BCUT2D eigenvalue weighted by Gasteiger charge is -2.11. The summed E-state index contributed by atoms with van der Waals surface area (Å²) in [6.45, 7) is 1.34. The number of Topliss-reactive ketones (excluding diaryl/α,β-unsaturated/α-hetero) is 1. The summed E-state index contributed by atoms with van der Waals surface area (Å²) in [7, 11) is 1.35. The molecule has 2 amide bonds. The molecule has 0 bridgehead atoms. The van der Waals surface area contributed by atoms with Gasteiger partial charge in [0, 0.05) is 12.7 Å². The molecule has 11 heteroatoms. The van der Waals surface area contributed by atoms with Crippen molar-refractivity contribution in [3.63, 3.8) is 0 Å². The number of benzene rings is 1. The van der Waals surface area contributed by atoms with E-state index in [1.54, 1.807) is 12.0 Å². The minimum Gasteiger partial charge on any atom is -0.330 e. The summed E-state index contributed by atoms with van der Waals surface area (Å²) in [5, 5.41) is 12.9. The van der Waals surface area contributed by atoms with E-state index in [0.717, 1.165) is 16.7 Å². The van der Waals surface area contributed by atoms with Crippen LogP contribution in [0.1, 0.15) is 38.4 Å². The van der Waals surface area contributed by atoms with E-state index >= 15 is 0 Å². The Labute approximate surface area is 185 Å². The fourth-order valence-corrected chi connectivity index (χ4v) is 3.55. The van der Waals surface area contributed by atoms with Gasteiger partial charge in [0.05, 0.1) is 17.5 Å². The van der Waals surface area contributed by atoms with Crippen molar-refractivity contribution >= 4 is 34.9 Å². The summed E-state index contributed by atoms with van der Waals surface area (Å²) >= 11 is 6.15. The number of nitrogens with one attached hydrogen (secondary N) is 2. The number of rotatable bonds is 5. The lowest BCUT2D eigenvalue weighted by molar-refractivity contribution is -0.118. The van der Waals surface area contributed by atoms with E-state index in [2.05, 4.69) is 5.32 Å². The second-order valence-corrected chi connectivity index (χ2v) is 7.53. The van der Waals surface area contributed by atoms with Crippen molar-refractivity contribution in [3.05, 3.63) is 51.6 Å². The molecule has 32 heavy (non-hydrogen) atoms. The Kier molecular flexibility index (Phi) is 5.54. The van der Waals surface area contributed by atoms with E-state index in [4.69, 9.17) is 23.3 Å². The first kappa shape index (κ1) is 22.9. The third-order valence-corrected chi connectivity index (χ3v) is 5.56. The van der Waals surface area contributed by atoms with Crippen LogP contribution in [0.4, 0.5) is 18.9 Å². The number of anilines is 1. The molecule has 2 aromatic rings. The van der Waals surface area contributed by atoms with Crippen molar-refractivity contribution < 1.29 is 27.6 Å². The van der Waals surface area contributed by atoms with Crippen LogP contribution in [0, 0.1) is 36.4 Å². The third kappa shape index (κ3) is 3.59. The molecule has 7 nitrogen and oxygen atoms in total. The minimum atomic E-state index is -3.34. The topological polar surface area (TPSA) is 104 Å². The van der Waals surface area contributed by atoms with E-state index in [9.17, 15) is 27.6 Å². The van der Waals surface area contributed by atoms with Crippen LogP contribution in [-0.4, -0.2) is 33.6 Å². The zero-order valence-corrected chi connectivity index (χ0v) is 17.4. The van der Waals surface area contributed by atoms with E-state index in [-0.39, 0.29) is 33.2 Å². The Morgan fingerprint density at radius 1 is 1.31 bits per heavy atom. The van der Waals surface area contributed by atoms with Crippen LogP contribution in [0.3, 0.4) is 0 Å². The number of aromatic nitrogens is 1. The average molecular weight is 463 g/mol. The smallest absolute Gasteiger partial charge is 0.293 e. The van der Waals surface area contributed by atoms with Crippen molar-refractivity contribution in [3.8, 4) is 18.4 Å². The highest BCUT2D eigenvalue weighted by atomic mass is 35.5. The Balaban J connectivity index is 1.89. The van der Waals surface area contributed by atoms with Crippen LogP contribution >= 0.6 is 11.6 Å². The number of hydrogen-bond donors (Lipinski definition) is 2. The highest BCUT2D eigenvalue weighted by Crippen LogP contribution is 2.52. The van der Waals surface area contributed by atoms with Gasteiger partial charge in [0.1, 0.15) is 22.7 Å². The van der Waals surface area contributed by atoms with E-state index in [1.165, 1.54) is 20.0 Å². The number of alkyl halides is 2. The van der Waals surface area contributed by atoms with Gasteiger partial charge in [-0.05, 0) is 30.7 Å². The normalized spacial score (nSPS) is 18.2. The first-order valence-electron chi connectivity index (χ1n) is 8.97. The number of halogens is 4. The van der Waals surface area contributed by atoms with Crippen molar-refractivity contribution in [2.45, 2.75) is 24.8 Å². The molecule has 2 N–H and O–H groups in total. The molecule has 1 aromatic heterocycles. The van der Waals surface area contributed by atoms with Crippen molar-refractivity contribution in [1.82, 2.24) is 9.88 Å². The van der Waals surface area contributed by atoms with E-state index < -0.39 is 41.3 Å². The second kappa shape index (κ2) is 7.74. The van der Waals surface area contributed by atoms with Crippen LogP contribution in [0.5, 0.6) is 0 Å². The van der Waals surface area contributed by atoms with Crippen LogP contribution in [0.25, 0.3) is 0 Å². The second-order valence-electron chi connectivity index (χ2n) is 7.17. The first-order chi connectivity index (χ1) is 14.9. The van der Waals surface area contributed by atoms with Gasteiger partial charge in [-0.3, -0.25) is 14.4 Å². The molecular weight excluding hydrogens is 449 g/mol. The van der Waals surface area contributed by atoms with Crippen LogP contribution in [0.2, 0.25) is 5.15 Å². The molecule has 1 heterocycles. The predicted molar refractivity (Wildman–Crippen MR) is 108 cm³/mol. The van der Waals surface area contributed by atoms with Gasteiger partial charge in [-0.2, -0.15) is 5.26 Å². The van der Waals surface area contributed by atoms with E-state index in [0.29, 0.717) is 0 Å². The molecule has 1 atom stereocenters. The van der Waals surface area contributed by atoms with Crippen molar-refractivity contribution in [1.29, 1.82) is 5.26 Å². The predicted octanol–water partition coefficient (Wildman–Crippen LogP) is 2.96. The SMILES string of the molecule is C#CC1(NC(=O)C(=O)c2c(C)c(C(=O)Nc3ccc(F)c(C#N)c3)n(C)c2Cl)CC1(F)F. The zero-order chi connectivity index (χ0) is 24.0. The quantitative estimate of drug-likeness (QED) is 0.405. The summed E-state index contributed by atoms with van der Waals surface area (Å²) in [4.78, 5) is 37.7. The van der Waals surface area contributed by atoms with Crippen LogP contribution < -0.4 is 10.6 Å². The van der Waals surface area contributed by atoms with Crippen LogP contribution in [-0.2, 0) is 11.8 Å². The Bertz CT molecular complexity index is 1270. The molecule has 1 fully saturated rings. The number of amides is 2. The number of nitriles is 1. The molecule has 1 aliphatic rings. The zero-order valence-electron chi connectivity index (χ0n) is 16.6. The van der Waals surface area contributed by atoms with Gasteiger partial charge < -0.3 is 15.2 Å². The van der Waals surface area contributed by atoms with Crippen LogP contribution in [0.15, 0.2) is 18.2 Å². The highest BCUT2D eigenvalue weighted by Gasteiger charge is 2.72. The van der Waals surface area contributed by atoms with Gasteiger partial charge in [-0.25, -0.2) is 13.2 Å². The van der Waals surface area contributed by atoms with Gasteiger partial charge in [0.15, 0.2) is 5.54 Å². The first-order valence-corrected chi connectivity index (χ1v) is 9.35. The van der Waals surface area contributed by atoms with Crippen molar-refractivity contribution in [2.24, 2.45) is 7.05 Å². The average Bonchev–Trinajstić information content (AvgIpc) is 3.20. The number of hydrogen-bond acceptors (Lipinski definition) is 4. The Hall–Kier alpha value is -3.76. The maximum absolute atomic E-state index is 13.5. The molecule has 1 aromatic carbocycles. The number of carbonyl (C=O) groups is 3. The van der Waals surface area contributed by atoms with Gasteiger partial charge in [0.25, 0.3) is 23.5 Å². The Morgan fingerprint density at radius 3 is 2.47 bits per heavy atom. The van der Waals surface area contributed by atoms with Crippen molar-refractivity contribution in [2.75, 3.05) is 5.32 Å². The molecule has 1 aliphatic carbocycles. The number of carbonyl (C=O) groups excluding carboxylic acids is 3. The standard InChI is InChI=1S/C21H14ClF3N4O3/c1-4-20(9-21(20,24)25)28-19(32)16(30)14-10(2)15(29(3)17(14)22)18(31)27-12-5-6-13(23)11(7-12)8-26/h1,5-7H,9H2,2-3H3,(H,27,31)(H,28,32). The molecule has 1 saturated carbocycles. The molecular formula is C21H14ClF3N4O3. The summed E-state index contributed by atoms with van der Waals surface area (Å²) in [5.41, 5.74) is -2.90. The maximum Gasteiger partial charge on any atom is 0.293 e. The monoisotopic (exact) mass is 462 g/mol. The fraction of sp³-hybridized carbons (Fsp3) is 0.238. The summed E-state index contributed by atoms with van der Waals surface area (Å²) in [6, 6.07) is 4.97. The fourth-order valence-electron chi connectivity index (χ4n) is 3.24. The maximum atomic E-state index is 13.5. The Morgan fingerprint density at radius 2 is 1.94 bits per heavy atom.